The van der Waals surface area contributed by atoms with Gasteiger partial charge >= 0.3 is 0 Å². The third kappa shape index (κ3) is 3.08. The lowest BCUT2D eigenvalue weighted by atomic mass is 10.0. The Morgan fingerprint density at radius 2 is 2.35 bits per heavy atom. The SMILES string of the molecule is Cc1nnc(N2C[C@@H](OCc3ccccn3)[C@@H]3OCCC[C@@H]32)s1. The van der Waals surface area contributed by atoms with Crippen molar-refractivity contribution in [3.63, 3.8) is 0 Å². The third-order valence-electron chi connectivity index (χ3n) is 4.41. The van der Waals surface area contributed by atoms with Crippen LogP contribution in [0.1, 0.15) is 23.5 Å². The van der Waals surface area contributed by atoms with Crippen molar-refractivity contribution in [1.29, 1.82) is 0 Å². The number of rotatable bonds is 4. The molecule has 4 rings (SSSR count). The molecule has 0 unspecified atom stereocenters. The van der Waals surface area contributed by atoms with Gasteiger partial charge in [-0.3, -0.25) is 4.98 Å². The van der Waals surface area contributed by atoms with E-state index in [9.17, 15) is 0 Å². The first-order chi connectivity index (χ1) is 11.3. The van der Waals surface area contributed by atoms with Gasteiger partial charge in [0.15, 0.2) is 0 Å². The highest BCUT2D eigenvalue weighted by atomic mass is 32.1. The molecule has 2 aliphatic heterocycles. The number of ether oxygens (including phenoxy) is 2. The van der Waals surface area contributed by atoms with Crippen molar-refractivity contribution in [1.82, 2.24) is 15.2 Å². The molecule has 2 aromatic rings. The summed E-state index contributed by atoms with van der Waals surface area (Å²) < 4.78 is 12.2. The van der Waals surface area contributed by atoms with Crippen LogP contribution in [-0.4, -0.2) is 46.6 Å². The number of fused-ring (bicyclic) bond motifs is 1. The summed E-state index contributed by atoms with van der Waals surface area (Å²) in [6.45, 7) is 4.12. The van der Waals surface area contributed by atoms with Gasteiger partial charge in [-0.2, -0.15) is 0 Å². The van der Waals surface area contributed by atoms with Crippen molar-refractivity contribution >= 4 is 16.5 Å². The van der Waals surface area contributed by atoms with E-state index < -0.39 is 0 Å². The summed E-state index contributed by atoms with van der Waals surface area (Å²) in [5, 5.41) is 10.4. The maximum absolute atomic E-state index is 6.14. The molecule has 0 amide bonds. The molecule has 0 saturated carbocycles. The minimum Gasteiger partial charge on any atom is -0.373 e. The topological polar surface area (TPSA) is 60.4 Å². The molecule has 23 heavy (non-hydrogen) atoms. The summed E-state index contributed by atoms with van der Waals surface area (Å²) in [4.78, 5) is 6.64. The number of nitrogens with zero attached hydrogens (tertiary/aromatic N) is 4. The number of hydrogen-bond donors (Lipinski definition) is 0. The summed E-state index contributed by atoms with van der Waals surface area (Å²) in [6.07, 6.45) is 4.15. The second-order valence-electron chi connectivity index (χ2n) is 5.97. The van der Waals surface area contributed by atoms with Crippen LogP contribution in [0, 0.1) is 6.92 Å². The van der Waals surface area contributed by atoms with Gasteiger partial charge in [-0.15, -0.1) is 10.2 Å². The number of aryl methyl sites for hydroxylation is 1. The lowest BCUT2D eigenvalue weighted by molar-refractivity contribution is -0.0789. The van der Waals surface area contributed by atoms with Gasteiger partial charge in [-0.05, 0) is 31.9 Å². The predicted octanol–water partition coefficient (Wildman–Crippen LogP) is 2.19. The van der Waals surface area contributed by atoms with Crippen LogP contribution in [0.15, 0.2) is 24.4 Å². The first kappa shape index (κ1) is 15.0. The number of anilines is 1. The van der Waals surface area contributed by atoms with Gasteiger partial charge in [0.25, 0.3) is 0 Å². The van der Waals surface area contributed by atoms with E-state index in [1.54, 1.807) is 17.5 Å². The van der Waals surface area contributed by atoms with E-state index in [-0.39, 0.29) is 12.2 Å². The summed E-state index contributed by atoms with van der Waals surface area (Å²) in [5.74, 6) is 0. The second-order valence-corrected chi connectivity index (χ2v) is 7.13. The largest absolute Gasteiger partial charge is 0.373 e. The maximum Gasteiger partial charge on any atom is 0.208 e. The van der Waals surface area contributed by atoms with Crippen LogP contribution in [0.2, 0.25) is 0 Å². The average Bonchev–Trinajstić information content (AvgIpc) is 3.18. The minimum atomic E-state index is 0.0477. The van der Waals surface area contributed by atoms with Gasteiger partial charge in [0.1, 0.15) is 17.2 Å². The predicted molar refractivity (Wildman–Crippen MR) is 87.6 cm³/mol. The number of aromatic nitrogens is 3. The molecule has 0 aliphatic carbocycles. The second kappa shape index (κ2) is 6.51. The Hall–Kier alpha value is -1.57. The molecule has 0 bridgehead atoms. The van der Waals surface area contributed by atoms with Crippen LogP contribution >= 0.6 is 11.3 Å². The van der Waals surface area contributed by atoms with Crippen molar-refractivity contribution in [3.05, 3.63) is 35.1 Å². The van der Waals surface area contributed by atoms with Gasteiger partial charge in [0.05, 0.1) is 18.3 Å². The van der Waals surface area contributed by atoms with Crippen molar-refractivity contribution in [3.8, 4) is 0 Å². The van der Waals surface area contributed by atoms with E-state index in [0.717, 1.165) is 41.8 Å². The summed E-state index contributed by atoms with van der Waals surface area (Å²) in [7, 11) is 0. The Morgan fingerprint density at radius 3 is 3.13 bits per heavy atom. The summed E-state index contributed by atoms with van der Waals surface area (Å²) in [6, 6.07) is 6.22. The highest BCUT2D eigenvalue weighted by Crippen LogP contribution is 2.35. The highest BCUT2D eigenvalue weighted by molar-refractivity contribution is 7.15. The molecule has 2 aliphatic rings. The van der Waals surface area contributed by atoms with Crippen LogP contribution in [0.5, 0.6) is 0 Å². The average molecular weight is 332 g/mol. The van der Waals surface area contributed by atoms with Gasteiger partial charge < -0.3 is 14.4 Å². The van der Waals surface area contributed by atoms with Gasteiger partial charge in [-0.1, -0.05) is 17.4 Å². The van der Waals surface area contributed by atoms with Crippen LogP contribution < -0.4 is 4.90 Å². The van der Waals surface area contributed by atoms with Crippen molar-refractivity contribution in [2.45, 2.75) is 44.6 Å². The maximum atomic E-state index is 6.14. The highest BCUT2D eigenvalue weighted by Gasteiger charge is 2.45. The molecule has 0 spiro atoms. The Bertz CT molecular complexity index is 651. The Morgan fingerprint density at radius 1 is 1.39 bits per heavy atom. The van der Waals surface area contributed by atoms with Crippen molar-refractivity contribution < 1.29 is 9.47 Å². The van der Waals surface area contributed by atoms with Gasteiger partial charge in [0, 0.05) is 19.3 Å². The van der Waals surface area contributed by atoms with E-state index in [0.29, 0.717) is 12.6 Å². The van der Waals surface area contributed by atoms with E-state index in [4.69, 9.17) is 9.47 Å². The van der Waals surface area contributed by atoms with E-state index in [2.05, 4.69) is 20.1 Å². The Labute approximate surface area is 139 Å². The lowest BCUT2D eigenvalue weighted by Crippen LogP contribution is -2.42. The molecule has 0 radical (unpaired) electrons. The molecule has 2 aromatic heterocycles. The smallest absolute Gasteiger partial charge is 0.208 e. The molecule has 122 valence electrons. The number of hydrogen-bond acceptors (Lipinski definition) is 7. The molecular formula is C16H20N4O2S. The Balaban J connectivity index is 1.49. The molecule has 2 saturated heterocycles. The third-order valence-corrected chi connectivity index (χ3v) is 5.29. The zero-order chi connectivity index (χ0) is 15.6. The van der Waals surface area contributed by atoms with Gasteiger partial charge in [0.2, 0.25) is 5.13 Å². The first-order valence-corrected chi connectivity index (χ1v) is 8.83. The van der Waals surface area contributed by atoms with Crippen LogP contribution in [0.3, 0.4) is 0 Å². The number of pyridine rings is 1. The van der Waals surface area contributed by atoms with Gasteiger partial charge in [-0.25, -0.2) is 0 Å². The molecule has 7 heteroatoms. The Kier molecular flexibility index (Phi) is 4.24. The molecule has 4 heterocycles. The van der Waals surface area contributed by atoms with Crippen LogP contribution in [-0.2, 0) is 16.1 Å². The minimum absolute atomic E-state index is 0.0477. The quantitative estimate of drug-likeness (QED) is 0.855. The van der Waals surface area contributed by atoms with Crippen LogP contribution in [0.25, 0.3) is 0 Å². The first-order valence-electron chi connectivity index (χ1n) is 8.01. The fraction of sp³-hybridized carbons (Fsp3) is 0.562. The van der Waals surface area contributed by atoms with Crippen molar-refractivity contribution in [2.24, 2.45) is 0 Å². The molecule has 2 fully saturated rings. The zero-order valence-electron chi connectivity index (χ0n) is 13.1. The van der Waals surface area contributed by atoms with Crippen LogP contribution in [0.4, 0.5) is 5.13 Å². The molecule has 3 atom stereocenters. The lowest BCUT2D eigenvalue weighted by Gasteiger charge is -2.31. The molecule has 0 aromatic carbocycles. The fourth-order valence-corrected chi connectivity index (χ4v) is 4.11. The summed E-state index contributed by atoms with van der Waals surface area (Å²) in [5.41, 5.74) is 0.949. The normalized spacial score (nSPS) is 27.2. The zero-order valence-corrected chi connectivity index (χ0v) is 13.9. The van der Waals surface area contributed by atoms with Crippen molar-refractivity contribution in [2.75, 3.05) is 18.1 Å². The molecule has 6 nitrogen and oxygen atoms in total. The standard InChI is InChI=1S/C16H20N4O2S/c1-11-18-19-16(23-11)20-9-14(15-13(20)6-4-8-21-15)22-10-12-5-2-3-7-17-12/h2-3,5,7,13-15H,4,6,8-10H2,1H3/t13-,14+,15+/m0/s1. The molecular weight excluding hydrogens is 312 g/mol. The van der Waals surface area contributed by atoms with E-state index in [1.807, 2.05) is 25.1 Å². The monoisotopic (exact) mass is 332 g/mol. The summed E-state index contributed by atoms with van der Waals surface area (Å²) >= 11 is 1.64. The molecule has 0 N–H and O–H groups in total. The van der Waals surface area contributed by atoms with E-state index >= 15 is 0 Å². The van der Waals surface area contributed by atoms with E-state index in [1.165, 1.54) is 0 Å². The fourth-order valence-electron chi connectivity index (χ4n) is 3.35.